The Hall–Kier alpha value is -1.35. The standard InChI is InChI=1S/C21H26ClNO/c1-21(17-7-4-3-5-8-17,18-10-12-19(22)13-11-18)24-16-14-20-9-6-15-23(20)2/h3-5,7-8,10-13,20H,6,9,14-16H2,1-2H3/t20-,21+/m1/s1/i1D3,2D3,14D2,16D2. The molecule has 2 aromatic carbocycles. The summed E-state index contributed by atoms with van der Waals surface area (Å²) >= 11 is 6.00. The number of ether oxygens (including phenoxy) is 1. The molecule has 0 aromatic heterocycles. The molecular weight excluding hydrogens is 318 g/mol. The van der Waals surface area contributed by atoms with E-state index >= 15 is 0 Å². The lowest BCUT2D eigenvalue weighted by atomic mass is 9.88. The van der Waals surface area contributed by atoms with Gasteiger partial charge in [-0.1, -0.05) is 54.1 Å². The van der Waals surface area contributed by atoms with Crippen molar-refractivity contribution in [2.24, 2.45) is 0 Å². The third kappa shape index (κ3) is 3.83. The zero-order valence-electron chi connectivity index (χ0n) is 23.1. The van der Waals surface area contributed by atoms with Gasteiger partial charge in [-0.2, -0.15) is 0 Å². The molecule has 128 valence electrons. The van der Waals surface area contributed by atoms with Crippen LogP contribution in [0.1, 0.15) is 50.9 Å². The van der Waals surface area contributed by atoms with E-state index in [9.17, 15) is 0 Å². The van der Waals surface area contributed by atoms with Crippen LogP contribution >= 0.6 is 11.6 Å². The average molecular weight is 354 g/mol. The number of nitrogens with zero attached hydrogens (tertiary/aromatic N) is 1. The lowest BCUT2D eigenvalue weighted by Gasteiger charge is -2.32. The van der Waals surface area contributed by atoms with E-state index in [0.29, 0.717) is 11.4 Å². The predicted octanol–water partition coefficient (Wildman–Crippen LogP) is 5.10. The lowest BCUT2D eigenvalue weighted by molar-refractivity contribution is -0.0117. The average Bonchev–Trinajstić information content (AvgIpc) is 3.24. The van der Waals surface area contributed by atoms with Crippen LogP contribution in [0.15, 0.2) is 54.6 Å². The Morgan fingerprint density at radius 2 is 1.96 bits per heavy atom. The minimum absolute atomic E-state index is 0.0573. The maximum Gasteiger partial charge on any atom is 0.115 e. The van der Waals surface area contributed by atoms with Crippen LogP contribution in [0.4, 0.5) is 0 Å². The summed E-state index contributed by atoms with van der Waals surface area (Å²) in [4.78, 5) is 0.940. The molecule has 0 aliphatic carbocycles. The monoisotopic (exact) mass is 353 g/mol. The third-order valence-corrected chi connectivity index (χ3v) is 4.37. The Kier molecular flexibility index (Phi) is 2.83. The summed E-state index contributed by atoms with van der Waals surface area (Å²) in [5, 5.41) is 0.328. The fourth-order valence-electron chi connectivity index (χ4n) is 2.73. The highest BCUT2D eigenvalue weighted by Crippen LogP contribution is 2.34. The molecule has 0 bridgehead atoms. The maximum absolute atomic E-state index is 8.65. The van der Waals surface area contributed by atoms with Gasteiger partial charge in [-0.3, -0.25) is 0 Å². The summed E-state index contributed by atoms with van der Waals surface area (Å²) in [5.74, 6) is 0. The highest BCUT2D eigenvalue weighted by Gasteiger charge is 2.30. The first-order chi connectivity index (χ1) is 15.5. The first-order valence-corrected chi connectivity index (χ1v) is 8.20. The maximum atomic E-state index is 8.65. The molecular formula is C21H26ClNO. The summed E-state index contributed by atoms with van der Waals surface area (Å²) < 4.78 is 88.7. The molecule has 24 heavy (non-hydrogen) atoms. The van der Waals surface area contributed by atoms with Crippen LogP contribution in [0.5, 0.6) is 0 Å². The molecule has 2 atom stereocenters. The topological polar surface area (TPSA) is 12.5 Å². The predicted molar refractivity (Wildman–Crippen MR) is 101 cm³/mol. The number of benzene rings is 2. The first kappa shape index (κ1) is 8.84. The van der Waals surface area contributed by atoms with Crippen LogP contribution < -0.4 is 0 Å². The van der Waals surface area contributed by atoms with E-state index < -0.39 is 38.4 Å². The minimum atomic E-state index is -3.20. The summed E-state index contributed by atoms with van der Waals surface area (Å²) in [5.41, 5.74) is -2.25. The van der Waals surface area contributed by atoms with E-state index in [1.165, 1.54) is 36.4 Å². The molecule has 1 aliphatic heterocycles. The van der Waals surface area contributed by atoms with Gasteiger partial charge in [-0.05, 0) is 62.8 Å². The van der Waals surface area contributed by atoms with E-state index in [0.717, 1.165) is 4.90 Å². The minimum Gasteiger partial charge on any atom is -0.366 e. The van der Waals surface area contributed by atoms with Crippen molar-refractivity contribution in [3.63, 3.8) is 0 Å². The molecule has 2 aromatic rings. The summed E-state index contributed by atoms with van der Waals surface area (Å²) in [6, 6.07) is 12.1. The fourth-order valence-corrected chi connectivity index (χ4v) is 2.86. The van der Waals surface area contributed by atoms with Crippen molar-refractivity contribution < 1.29 is 18.4 Å². The van der Waals surface area contributed by atoms with Gasteiger partial charge in [0.05, 0.1) is 2.74 Å². The number of hydrogen-bond donors (Lipinski definition) is 0. The largest absolute Gasteiger partial charge is 0.366 e. The SMILES string of the molecule is [2H]C([2H])([2H])N1CCC[C@@H]1C([2H])([2H])C([2H])([2H])O[C@@](c1ccccc1)(c1ccc(Cl)cc1)C([2H])([2H])[2H]. The second-order valence-corrected chi connectivity index (χ2v) is 6.19. The van der Waals surface area contributed by atoms with E-state index in [4.69, 9.17) is 30.0 Å². The Labute approximate surface area is 164 Å². The molecule has 1 heterocycles. The molecule has 0 unspecified atom stereocenters. The zero-order chi connectivity index (χ0) is 25.6. The summed E-state index contributed by atoms with van der Waals surface area (Å²) in [7, 11) is 0. The highest BCUT2D eigenvalue weighted by molar-refractivity contribution is 6.30. The summed E-state index contributed by atoms with van der Waals surface area (Å²) in [6.45, 7) is -8.75. The van der Waals surface area contributed by atoms with E-state index in [-0.39, 0.29) is 24.1 Å². The Morgan fingerprint density at radius 1 is 1.21 bits per heavy atom. The molecule has 3 heteroatoms. The lowest BCUT2D eigenvalue weighted by Crippen LogP contribution is -2.31. The van der Waals surface area contributed by atoms with Gasteiger partial charge in [0, 0.05) is 28.6 Å². The normalized spacial score (nSPS) is 29.3. The van der Waals surface area contributed by atoms with Crippen LogP contribution in [0.25, 0.3) is 0 Å². The van der Waals surface area contributed by atoms with Crippen molar-refractivity contribution in [2.45, 2.75) is 37.7 Å². The highest BCUT2D eigenvalue weighted by atomic mass is 35.5. The number of rotatable bonds is 6. The Morgan fingerprint density at radius 3 is 2.67 bits per heavy atom. The second kappa shape index (κ2) is 7.69. The van der Waals surface area contributed by atoms with Gasteiger partial charge < -0.3 is 9.64 Å². The van der Waals surface area contributed by atoms with Crippen molar-refractivity contribution >= 4 is 11.6 Å². The molecule has 0 amide bonds. The fraction of sp³-hybridized carbons (Fsp3) is 0.429. The smallest absolute Gasteiger partial charge is 0.115 e. The zero-order valence-corrected chi connectivity index (χ0v) is 13.9. The van der Waals surface area contributed by atoms with Gasteiger partial charge in [0.25, 0.3) is 0 Å². The molecule has 0 N–H and O–H groups in total. The van der Waals surface area contributed by atoms with Crippen molar-refractivity contribution in [3.05, 3.63) is 70.7 Å². The molecule has 0 radical (unpaired) electrons. The Bertz CT molecular complexity index is 978. The molecule has 1 aliphatic rings. The van der Waals surface area contributed by atoms with Gasteiger partial charge in [-0.15, -0.1) is 0 Å². The third-order valence-electron chi connectivity index (χ3n) is 4.11. The van der Waals surface area contributed by atoms with Crippen LogP contribution in [-0.2, 0) is 10.3 Å². The molecule has 0 saturated carbocycles. The number of likely N-dealkylation sites (tertiary alicyclic amines) is 1. The van der Waals surface area contributed by atoms with Crippen molar-refractivity contribution in [3.8, 4) is 0 Å². The van der Waals surface area contributed by atoms with Crippen LogP contribution in [0, 0.1) is 0 Å². The second-order valence-electron chi connectivity index (χ2n) is 5.75. The molecule has 1 saturated heterocycles. The Balaban J connectivity index is 2.18. The van der Waals surface area contributed by atoms with E-state index in [1.54, 1.807) is 18.2 Å². The van der Waals surface area contributed by atoms with Crippen molar-refractivity contribution in [2.75, 3.05) is 20.1 Å². The number of hydrogen-bond acceptors (Lipinski definition) is 2. The quantitative estimate of drug-likeness (QED) is 0.716. The van der Waals surface area contributed by atoms with Gasteiger partial charge in [-0.25, -0.2) is 0 Å². The van der Waals surface area contributed by atoms with Gasteiger partial charge in [0.1, 0.15) is 5.60 Å². The molecule has 1 fully saturated rings. The summed E-state index contributed by atoms with van der Waals surface area (Å²) in [6.07, 6.45) is -2.42. The van der Waals surface area contributed by atoms with E-state index in [2.05, 4.69) is 0 Å². The first-order valence-electron chi connectivity index (χ1n) is 12.8. The van der Waals surface area contributed by atoms with Crippen LogP contribution in [0.2, 0.25) is 5.02 Å². The van der Waals surface area contributed by atoms with Crippen molar-refractivity contribution in [1.29, 1.82) is 0 Å². The number of halogens is 1. The molecule has 2 nitrogen and oxygen atoms in total. The van der Waals surface area contributed by atoms with Gasteiger partial charge >= 0.3 is 0 Å². The molecule has 0 spiro atoms. The van der Waals surface area contributed by atoms with Gasteiger partial charge in [0.2, 0.25) is 0 Å². The van der Waals surface area contributed by atoms with Crippen molar-refractivity contribution in [1.82, 2.24) is 4.90 Å². The van der Waals surface area contributed by atoms with E-state index in [1.807, 2.05) is 0 Å². The van der Waals surface area contributed by atoms with Crippen LogP contribution in [-0.4, -0.2) is 31.0 Å². The van der Waals surface area contributed by atoms with Gasteiger partial charge in [0.15, 0.2) is 0 Å². The molecule has 3 rings (SSSR count). The van der Waals surface area contributed by atoms with Crippen LogP contribution in [0.3, 0.4) is 0 Å².